The fourth-order valence-corrected chi connectivity index (χ4v) is 2.66. The molecular weight excluding hydrogens is 314 g/mol. The van der Waals surface area contributed by atoms with Crippen LogP contribution in [0.3, 0.4) is 0 Å². The lowest BCUT2D eigenvalue weighted by atomic mass is 10.2. The maximum atomic E-state index is 5.99. The summed E-state index contributed by atoms with van der Waals surface area (Å²) in [7, 11) is 0. The zero-order valence-corrected chi connectivity index (χ0v) is 13.6. The molecule has 1 saturated carbocycles. The van der Waals surface area contributed by atoms with Crippen molar-refractivity contribution >= 4 is 15.9 Å². The lowest BCUT2D eigenvalue weighted by Gasteiger charge is -2.14. The molecule has 2 nitrogen and oxygen atoms in total. The Morgan fingerprint density at radius 2 is 2.15 bits per heavy atom. The average Bonchev–Trinajstić information content (AvgIpc) is 3.26. The van der Waals surface area contributed by atoms with Gasteiger partial charge in [-0.05, 0) is 60.5 Å². The van der Waals surface area contributed by atoms with Crippen molar-refractivity contribution < 1.29 is 4.74 Å². The Kier molecular flexibility index (Phi) is 6.61. The molecule has 0 spiro atoms. The number of rotatable bonds is 10. The molecule has 0 amide bonds. The Morgan fingerprint density at radius 1 is 1.30 bits per heavy atom. The van der Waals surface area contributed by atoms with Crippen molar-refractivity contribution in [3.05, 3.63) is 40.9 Å². The number of benzene rings is 1. The SMILES string of the molecule is C=CCCCCCOc1c(Br)cccc1CNC1CC1. The predicted molar refractivity (Wildman–Crippen MR) is 88.2 cm³/mol. The summed E-state index contributed by atoms with van der Waals surface area (Å²) in [5, 5.41) is 3.55. The summed E-state index contributed by atoms with van der Waals surface area (Å²) in [6, 6.07) is 6.99. The van der Waals surface area contributed by atoms with Crippen LogP contribution in [-0.4, -0.2) is 12.6 Å². The molecule has 0 unspecified atom stereocenters. The molecule has 1 aromatic rings. The van der Waals surface area contributed by atoms with Crippen LogP contribution in [0.15, 0.2) is 35.3 Å². The van der Waals surface area contributed by atoms with Gasteiger partial charge in [-0.2, -0.15) is 0 Å². The highest BCUT2D eigenvalue weighted by atomic mass is 79.9. The molecule has 1 aliphatic rings. The molecule has 0 saturated heterocycles. The molecule has 0 aliphatic heterocycles. The van der Waals surface area contributed by atoms with Crippen molar-refractivity contribution in [2.24, 2.45) is 0 Å². The fourth-order valence-electron chi connectivity index (χ4n) is 2.14. The first kappa shape index (κ1) is 15.6. The molecule has 1 fully saturated rings. The van der Waals surface area contributed by atoms with Gasteiger partial charge in [-0.1, -0.05) is 18.2 Å². The van der Waals surface area contributed by atoms with Crippen molar-refractivity contribution in [1.82, 2.24) is 5.32 Å². The fraction of sp³-hybridized carbons (Fsp3) is 0.529. The van der Waals surface area contributed by atoms with E-state index in [0.29, 0.717) is 0 Å². The number of hydrogen-bond donors (Lipinski definition) is 1. The van der Waals surface area contributed by atoms with Crippen LogP contribution in [0.4, 0.5) is 0 Å². The van der Waals surface area contributed by atoms with Gasteiger partial charge < -0.3 is 10.1 Å². The van der Waals surface area contributed by atoms with Gasteiger partial charge in [0.2, 0.25) is 0 Å². The zero-order chi connectivity index (χ0) is 14.2. The van der Waals surface area contributed by atoms with Crippen LogP contribution in [0.5, 0.6) is 5.75 Å². The summed E-state index contributed by atoms with van der Waals surface area (Å²) in [5.74, 6) is 1.00. The average molecular weight is 338 g/mol. The number of hydrogen-bond acceptors (Lipinski definition) is 2. The van der Waals surface area contributed by atoms with E-state index in [4.69, 9.17) is 4.74 Å². The smallest absolute Gasteiger partial charge is 0.137 e. The van der Waals surface area contributed by atoms with Gasteiger partial charge in [0.15, 0.2) is 0 Å². The van der Waals surface area contributed by atoms with E-state index < -0.39 is 0 Å². The number of allylic oxidation sites excluding steroid dienone is 1. The minimum absolute atomic E-state index is 0.723. The maximum absolute atomic E-state index is 5.99. The quantitative estimate of drug-likeness (QED) is 0.487. The van der Waals surface area contributed by atoms with Gasteiger partial charge in [-0.3, -0.25) is 0 Å². The van der Waals surface area contributed by atoms with Crippen LogP contribution in [0.25, 0.3) is 0 Å². The highest BCUT2D eigenvalue weighted by Crippen LogP contribution is 2.30. The number of nitrogens with one attached hydrogen (secondary N) is 1. The highest BCUT2D eigenvalue weighted by Gasteiger charge is 2.20. The minimum Gasteiger partial charge on any atom is -0.492 e. The standard InChI is InChI=1S/C17H24BrNO/c1-2-3-4-5-6-12-20-17-14(8-7-9-16(17)18)13-19-15-10-11-15/h2,7-9,15,19H,1,3-6,10-13H2. The summed E-state index contributed by atoms with van der Waals surface area (Å²) >= 11 is 3.60. The molecule has 1 aromatic carbocycles. The maximum Gasteiger partial charge on any atom is 0.137 e. The van der Waals surface area contributed by atoms with Crippen LogP contribution in [0.2, 0.25) is 0 Å². The zero-order valence-electron chi connectivity index (χ0n) is 12.0. The third-order valence-electron chi connectivity index (χ3n) is 3.51. The molecule has 0 radical (unpaired) electrons. The molecule has 2 rings (SSSR count). The van der Waals surface area contributed by atoms with Gasteiger partial charge >= 0.3 is 0 Å². The van der Waals surface area contributed by atoms with Crippen molar-refractivity contribution in [2.75, 3.05) is 6.61 Å². The van der Waals surface area contributed by atoms with Gasteiger partial charge in [0.1, 0.15) is 5.75 Å². The predicted octanol–water partition coefficient (Wildman–Crippen LogP) is 4.83. The summed E-state index contributed by atoms with van der Waals surface area (Å²) in [6.45, 7) is 5.43. The first-order chi connectivity index (χ1) is 9.81. The van der Waals surface area contributed by atoms with Crippen molar-refractivity contribution in [1.29, 1.82) is 0 Å². The van der Waals surface area contributed by atoms with E-state index in [2.05, 4.69) is 40.0 Å². The lowest BCUT2D eigenvalue weighted by molar-refractivity contribution is 0.300. The second kappa shape index (κ2) is 8.48. The van der Waals surface area contributed by atoms with Crippen LogP contribution in [-0.2, 0) is 6.54 Å². The monoisotopic (exact) mass is 337 g/mol. The summed E-state index contributed by atoms with van der Waals surface area (Å²) in [4.78, 5) is 0. The molecule has 1 N–H and O–H groups in total. The molecule has 1 aliphatic carbocycles. The molecule has 0 heterocycles. The lowest BCUT2D eigenvalue weighted by Crippen LogP contribution is -2.16. The third kappa shape index (κ3) is 5.29. The van der Waals surface area contributed by atoms with Gasteiger partial charge in [0.25, 0.3) is 0 Å². The van der Waals surface area contributed by atoms with Crippen LogP contribution < -0.4 is 10.1 Å². The molecule has 20 heavy (non-hydrogen) atoms. The number of ether oxygens (including phenoxy) is 1. The van der Waals surface area contributed by atoms with Crippen LogP contribution in [0, 0.1) is 0 Å². The molecule has 0 aromatic heterocycles. The Morgan fingerprint density at radius 3 is 2.90 bits per heavy atom. The molecule has 0 atom stereocenters. The largest absolute Gasteiger partial charge is 0.492 e. The van der Waals surface area contributed by atoms with E-state index >= 15 is 0 Å². The summed E-state index contributed by atoms with van der Waals surface area (Å²) in [6.07, 6.45) is 9.22. The Balaban J connectivity index is 1.79. The van der Waals surface area contributed by atoms with Crippen molar-refractivity contribution in [2.45, 2.75) is 51.1 Å². The summed E-state index contributed by atoms with van der Waals surface area (Å²) < 4.78 is 7.04. The molecule has 3 heteroatoms. The second-order valence-corrected chi connectivity index (χ2v) is 6.22. The van der Waals surface area contributed by atoms with E-state index in [-0.39, 0.29) is 0 Å². The number of unbranched alkanes of at least 4 members (excludes halogenated alkanes) is 3. The van der Waals surface area contributed by atoms with E-state index in [0.717, 1.165) is 42.3 Å². The first-order valence-corrected chi connectivity index (χ1v) is 8.35. The van der Waals surface area contributed by atoms with Crippen LogP contribution in [0.1, 0.15) is 44.1 Å². The van der Waals surface area contributed by atoms with E-state index in [1.807, 2.05) is 12.1 Å². The van der Waals surface area contributed by atoms with Gasteiger partial charge in [-0.15, -0.1) is 6.58 Å². The molecule has 110 valence electrons. The Hall–Kier alpha value is -0.800. The number of para-hydroxylation sites is 1. The number of halogens is 1. The van der Waals surface area contributed by atoms with Gasteiger partial charge in [0.05, 0.1) is 11.1 Å². The van der Waals surface area contributed by atoms with Crippen LogP contribution >= 0.6 is 15.9 Å². The normalized spacial score (nSPS) is 14.2. The highest BCUT2D eigenvalue weighted by molar-refractivity contribution is 9.10. The van der Waals surface area contributed by atoms with Gasteiger partial charge in [0, 0.05) is 18.2 Å². The van der Waals surface area contributed by atoms with E-state index in [1.54, 1.807) is 0 Å². The van der Waals surface area contributed by atoms with E-state index in [1.165, 1.54) is 31.2 Å². The molecular formula is C17H24BrNO. The minimum atomic E-state index is 0.723. The Labute approximate surface area is 130 Å². The summed E-state index contributed by atoms with van der Waals surface area (Å²) in [5.41, 5.74) is 1.25. The van der Waals surface area contributed by atoms with Gasteiger partial charge in [-0.25, -0.2) is 0 Å². The topological polar surface area (TPSA) is 21.3 Å². The van der Waals surface area contributed by atoms with Crippen molar-refractivity contribution in [3.8, 4) is 5.75 Å². The third-order valence-corrected chi connectivity index (χ3v) is 4.13. The van der Waals surface area contributed by atoms with Crippen molar-refractivity contribution in [3.63, 3.8) is 0 Å². The second-order valence-electron chi connectivity index (χ2n) is 5.37. The molecule has 0 bridgehead atoms. The van der Waals surface area contributed by atoms with E-state index in [9.17, 15) is 0 Å². The first-order valence-electron chi connectivity index (χ1n) is 7.55. The Bertz CT molecular complexity index is 429.